The van der Waals surface area contributed by atoms with Crippen LogP contribution in [0.15, 0.2) is 101 Å². The number of halogens is 1. The highest BCUT2D eigenvalue weighted by atomic mass is 79.9. The predicted octanol–water partition coefficient (Wildman–Crippen LogP) is 6.43. The molecule has 1 unspecified atom stereocenters. The van der Waals surface area contributed by atoms with Gasteiger partial charge >= 0.3 is 0 Å². The minimum absolute atomic E-state index is 0.0522. The van der Waals surface area contributed by atoms with Gasteiger partial charge in [-0.25, -0.2) is 0 Å². The summed E-state index contributed by atoms with van der Waals surface area (Å²) in [6.07, 6.45) is 0.800. The molecule has 4 aromatic rings. The molecule has 180 valence electrons. The topological polar surface area (TPSA) is 45.1 Å². The molecule has 5 nitrogen and oxygen atoms in total. The van der Waals surface area contributed by atoms with Crippen molar-refractivity contribution in [2.24, 2.45) is 5.10 Å². The number of fused-ring (bicyclic) bond motifs is 1. The Kier molecular flexibility index (Phi) is 6.30. The van der Waals surface area contributed by atoms with Crippen molar-refractivity contribution in [3.63, 3.8) is 0 Å². The summed E-state index contributed by atoms with van der Waals surface area (Å²) in [5.74, 6) is 0.0522. The zero-order valence-corrected chi connectivity index (χ0v) is 21.4. The lowest BCUT2D eigenvalue weighted by molar-refractivity contribution is 0.0303. The van der Waals surface area contributed by atoms with Crippen LogP contribution in [-0.2, 0) is 4.74 Å². The normalized spacial score (nSPS) is 17.9. The van der Waals surface area contributed by atoms with Gasteiger partial charge in [0.2, 0.25) is 0 Å². The number of amides is 1. The van der Waals surface area contributed by atoms with E-state index < -0.39 is 0 Å². The number of hydrogen-bond acceptors (Lipinski definition) is 4. The molecule has 6 heteroatoms. The maximum atomic E-state index is 12.9. The lowest BCUT2D eigenvalue weighted by atomic mass is 9.96. The zero-order valence-electron chi connectivity index (χ0n) is 19.8. The van der Waals surface area contributed by atoms with Gasteiger partial charge in [0, 0.05) is 29.5 Å². The van der Waals surface area contributed by atoms with E-state index >= 15 is 0 Å². The number of hydrazone groups is 1. The largest absolute Gasteiger partial charge is 0.378 e. The highest BCUT2D eigenvalue weighted by Gasteiger charge is 2.30. The summed E-state index contributed by atoms with van der Waals surface area (Å²) in [5, 5.41) is 9.63. The maximum Gasteiger partial charge on any atom is 0.254 e. The van der Waals surface area contributed by atoms with E-state index in [4.69, 9.17) is 9.84 Å². The first-order chi connectivity index (χ1) is 17.7. The number of rotatable bonds is 4. The molecule has 1 saturated heterocycles. The van der Waals surface area contributed by atoms with Gasteiger partial charge in [-0.1, -0.05) is 64.5 Å². The quantitative estimate of drug-likeness (QED) is 0.300. The molecule has 2 aliphatic heterocycles. The van der Waals surface area contributed by atoms with E-state index in [0.29, 0.717) is 31.9 Å². The van der Waals surface area contributed by atoms with Crippen LogP contribution in [0.3, 0.4) is 0 Å². The van der Waals surface area contributed by atoms with E-state index in [0.717, 1.165) is 27.9 Å². The Morgan fingerprint density at radius 1 is 0.861 bits per heavy atom. The summed E-state index contributed by atoms with van der Waals surface area (Å²) in [4.78, 5) is 14.8. The van der Waals surface area contributed by atoms with Crippen LogP contribution < -0.4 is 5.01 Å². The van der Waals surface area contributed by atoms with Crippen LogP contribution in [0, 0.1) is 0 Å². The molecule has 0 spiro atoms. The van der Waals surface area contributed by atoms with Crippen LogP contribution in [0.4, 0.5) is 5.69 Å². The molecule has 0 aliphatic carbocycles. The number of carbonyl (C=O) groups is 1. The van der Waals surface area contributed by atoms with Gasteiger partial charge in [-0.3, -0.25) is 9.80 Å². The monoisotopic (exact) mass is 539 g/mol. The zero-order chi connectivity index (χ0) is 24.5. The van der Waals surface area contributed by atoms with Crippen LogP contribution in [0.25, 0.3) is 10.8 Å². The molecule has 2 heterocycles. The molecule has 36 heavy (non-hydrogen) atoms. The van der Waals surface area contributed by atoms with Gasteiger partial charge in [0.1, 0.15) is 0 Å². The van der Waals surface area contributed by atoms with E-state index in [1.54, 1.807) is 0 Å². The molecule has 4 aromatic carbocycles. The number of benzene rings is 4. The minimum atomic E-state index is 0.0522. The van der Waals surface area contributed by atoms with Crippen molar-refractivity contribution in [3.05, 3.63) is 112 Å². The first kappa shape index (κ1) is 23.0. The van der Waals surface area contributed by atoms with Gasteiger partial charge in [-0.15, -0.1) is 0 Å². The molecule has 6 rings (SSSR count). The minimum Gasteiger partial charge on any atom is -0.378 e. The third kappa shape index (κ3) is 4.54. The summed E-state index contributed by atoms with van der Waals surface area (Å²) in [6.45, 7) is 2.46. The SMILES string of the molecule is O=C(c1ccc(N2N=C(c3ccc(Br)cc3)CC2c2ccc3ccccc3c2)cc1)N1CCOCC1. The molecule has 1 atom stereocenters. The average molecular weight is 540 g/mol. The summed E-state index contributed by atoms with van der Waals surface area (Å²) in [7, 11) is 0. The Hall–Kier alpha value is -3.48. The Bertz CT molecular complexity index is 1430. The third-order valence-corrected chi connectivity index (χ3v) is 7.45. The highest BCUT2D eigenvalue weighted by Crippen LogP contribution is 2.38. The summed E-state index contributed by atoms with van der Waals surface area (Å²) < 4.78 is 6.44. The molecule has 2 aliphatic rings. The molecule has 0 saturated carbocycles. The lowest BCUT2D eigenvalue weighted by Gasteiger charge is -2.27. The van der Waals surface area contributed by atoms with Crippen molar-refractivity contribution in [2.45, 2.75) is 12.5 Å². The lowest BCUT2D eigenvalue weighted by Crippen LogP contribution is -2.40. The van der Waals surface area contributed by atoms with Crippen molar-refractivity contribution in [3.8, 4) is 0 Å². The predicted molar refractivity (Wildman–Crippen MR) is 148 cm³/mol. The number of ether oxygens (including phenoxy) is 1. The second-order valence-electron chi connectivity index (χ2n) is 9.18. The van der Waals surface area contributed by atoms with Crippen LogP contribution in [0.5, 0.6) is 0 Å². The number of hydrogen-bond donors (Lipinski definition) is 0. The summed E-state index contributed by atoms with van der Waals surface area (Å²) >= 11 is 3.53. The van der Waals surface area contributed by atoms with Gasteiger partial charge in [0.05, 0.1) is 30.7 Å². The number of nitrogens with zero attached hydrogens (tertiary/aromatic N) is 3. The standard InChI is InChI=1S/C30H26BrN3O2/c31-26-11-7-22(8-12-26)28-20-29(25-6-5-21-3-1-2-4-24(21)19-25)34(32-28)27-13-9-23(10-14-27)30(35)33-15-17-36-18-16-33/h1-14,19,29H,15-18,20H2. The fourth-order valence-corrected chi connectivity index (χ4v) is 5.21. The fourth-order valence-electron chi connectivity index (χ4n) is 4.95. The molecular weight excluding hydrogens is 514 g/mol. The Labute approximate surface area is 219 Å². The van der Waals surface area contributed by atoms with Gasteiger partial charge in [0.15, 0.2) is 0 Å². The Balaban J connectivity index is 1.34. The number of carbonyl (C=O) groups excluding carboxylic acids is 1. The summed E-state index contributed by atoms with van der Waals surface area (Å²) in [5.41, 5.74) is 5.05. The van der Waals surface area contributed by atoms with Gasteiger partial charge in [0.25, 0.3) is 5.91 Å². The van der Waals surface area contributed by atoms with Gasteiger partial charge < -0.3 is 9.64 Å². The van der Waals surface area contributed by atoms with Crippen molar-refractivity contribution < 1.29 is 9.53 Å². The van der Waals surface area contributed by atoms with E-state index in [9.17, 15) is 4.79 Å². The van der Waals surface area contributed by atoms with Gasteiger partial charge in [-0.05, 0) is 64.4 Å². The second kappa shape index (κ2) is 9.88. The highest BCUT2D eigenvalue weighted by molar-refractivity contribution is 9.10. The molecule has 1 fully saturated rings. The molecule has 0 aromatic heterocycles. The number of morpholine rings is 1. The van der Waals surface area contributed by atoms with E-state index in [1.165, 1.54) is 16.3 Å². The molecule has 0 N–H and O–H groups in total. The fraction of sp³-hybridized carbons (Fsp3) is 0.200. The van der Waals surface area contributed by atoms with E-state index in [-0.39, 0.29) is 11.9 Å². The first-order valence-electron chi connectivity index (χ1n) is 12.2. The molecule has 1 amide bonds. The molecule has 0 radical (unpaired) electrons. The van der Waals surface area contributed by atoms with E-state index in [2.05, 4.69) is 87.7 Å². The van der Waals surface area contributed by atoms with Crippen LogP contribution in [0.2, 0.25) is 0 Å². The molecule has 0 bridgehead atoms. The van der Waals surface area contributed by atoms with Crippen molar-refractivity contribution >= 4 is 44.0 Å². The average Bonchev–Trinajstić information content (AvgIpc) is 3.39. The van der Waals surface area contributed by atoms with Gasteiger partial charge in [-0.2, -0.15) is 5.10 Å². The Morgan fingerprint density at radius 2 is 1.58 bits per heavy atom. The van der Waals surface area contributed by atoms with Crippen molar-refractivity contribution in [2.75, 3.05) is 31.3 Å². The summed E-state index contributed by atoms with van der Waals surface area (Å²) in [6, 6.07) is 31.3. The molecular formula is C30H26BrN3O2. The van der Waals surface area contributed by atoms with Crippen LogP contribution in [0.1, 0.15) is 33.9 Å². The van der Waals surface area contributed by atoms with E-state index in [1.807, 2.05) is 29.2 Å². The Morgan fingerprint density at radius 3 is 2.33 bits per heavy atom. The third-order valence-electron chi connectivity index (χ3n) is 6.92. The maximum absolute atomic E-state index is 12.9. The van der Waals surface area contributed by atoms with Crippen LogP contribution >= 0.6 is 15.9 Å². The second-order valence-corrected chi connectivity index (χ2v) is 10.1. The van der Waals surface area contributed by atoms with Crippen molar-refractivity contribution in [1.82, 2.24) is 4.90 Å². The number of anilines is 1. The first-order valence-corrected chi connectivity index (χ1v) is 13.0. The smallest absolute Gasteiger partial charge is 0.254 e. The van der Waals surface area contributed by atoms with Crippen LogP contribution in [-0.4, -0.2) is 42.8 Å². The van der Waals surface area contributed by atoms with Crippen molar-refractivity contribution in [1.29, 1.82) is 0 Å².